The van der Waals surface area contributed by atoms with Crippen LogP contribution in [0.2, 0.25) is 0 Å². The van der Waals surface area contributed by atoms with Crippen molar-refractivity contribution in [1.29, 1.82) is 0 Å². The summed E-state index contributed by atoms with van der Waals surface area (Å²) < 4.78 is 5.51. The van der Waals surface area contributed by atoms with Crippen LogP contribution in [0.5, 0.6) is 0 Å². The maximum atomic E-state index is 5.98. The van der Waals surface area contributed by atoms with E-state index in [9.17, 15) is 0 Å². The molecular weight excluding hydrogens is 1100 g/mol. The van der Waals surface area contributed by atoms with Crippen LogP contribution >= 0.6 is 0 Å². The minimum Gasteiger partial charge on any atom is -0.310 e. The molecule has 2 aliphatic rings. The number of rotatable bonds is 3. The van der Waals surface area contributed by atoms with Gasteiger partial charge in [0.2, 0.25) is 0 Å². The molecule has 0 atom stereocenters. The van der Waals surface area contributed by atoms with Gasteiger partial charge >= 0.3 is 0 Å². The molecule has 0 bridgehead atoms. The summed E-state index contributed by atoms with van der Waals surface area (Å²) in [5, 5.41) is 5.51. The Hall–Kier alpha value is -6.72. The van der Waals surface area contributed by atoms with E-state index < -0.39 is 0 Å². The van der Waals surface area contributed by atoms with Crippen LogP contribution in [0.1, 0.15) is 263 Å². The first-order valence-electron chi connectivity index (χ1n) is 34.2. The van der Waals surface area contributed by atoms with Crippen molar-refractivity contribution in [2.24, 2.45) is 0 Å². The van der Waals surface area contributed by atoms with Gasteiger partial charge in [0.25, 0.3) is 6.71 Å². The third-order valence-corrected chi connectivity index (χ3v) is 20.5. The molecule has 0 N–H and O–H groups in total. The summed E-state index contributed by atoms with van der Waals surface area (Å²) >= 11 is 0. The standard InChI is InChI=1S/C86H107BN4/c1-77(2,3)51-35-48(36-52(41-51)78(4,5)6)63-47-64(89-76(88-63)50-37-53(79(7,8)9)42-54(38-50)80(10,11)12)49-39-67-73-68(40-49)91-66-46-56(82(16,17)18)44-60(86(28,29)30)70(66)72-58(84(22,23)24)32-34-62(75(72)91)87(73)61-33-31-57(83(19,20)21)71-69-59(85(25,26)27)43-55(81(13,14)15)45-65(69)90(67)74(61)71/h31-47H,1-30H3. The Balaban J connectivity index is 1.35. The van der Waals surface area contributed by atoms with Gasteiger partial charge in [0.05, 0.1) is 22.4 Å². The molecule has 4 nitrogen and oxygen atoms in total. The zero-order valence-electron chi connectivity index (χ0n) is 61.7. The van der Waals surface area contributed by atoms with E-state index in [1.54, 1.807) is 0 Å². The molecule has 5 heteroatoms. The first kappa shape index (κ1) is 64.4. The van der Waals surface area contributed by atoms with Crippen LogP contribution in [0, 0.1) is 0 Å². The molecule has 0 saturated heterocycles. The second kappa shape index (κ2) is 19.9. The molecule has 0 spiro atoms. The van der Waals surface area contributed by atoms with E-state index >= 15 is 0 Å². The Bertz CT molecular complexity index is 4350. The largest absolute Gasteiger partial charge is 0.310 e. The smallest absolute Gasteiger partial charge is 0.252 e. The van der Waals surface area contributed by atoms with Gasteiger partial charge in [0.15, 0.2) is 5.82 Å². The molecular formula is C86H107BN4. The summed E-state index contributed by atoms with van der Waals surface area (Å²) in [6, 6.07) is 42.3. The Labute approximate surface area is 548 Å². The lowest BCUT2D eigenvalue weighted by molar-refractivity contribution is 0.568. The van der Waals surface area contributed by atoms with E-state index in [1.165, 1.54) is 127 Å². The van der Waals surface area contributed by atoms with Crippen molar-refractivity contribution in [3.8, 4) is 45.3 Å². The van der Waals surface area contributed by atoms with Gasteiger partial charge < -0.3 is 9.13 Å². The molecule has 0 aliphatic carbocycles. The van der Waals surface area contributed by atoms with Crippen molar-refractivity contribution in [2.45, 2.75) is 262 Å². The second-order valence-electron chi connectivity index (χ2n) is 38.3. The van der Waals surface area contributed by atoms with E-state index in [1.807, 2.05) is 0 Å². The van der Waals surface area contributed by atoms with Crippen molar-refractivity contribution in [2.75, 3.05) is 0 Å². The first-order chi connectivity index (χ1) is 41.4. The lowest BCUT2D eigenvalue weighted by Crippen LogP contribution is -2.59. The van der Waals surface area contributed by atoms with Crippen molar-refractivity contribution < 1.29 is 0 Å². The number of hydrogen-bond donors (Lipinski definition) is 0. The lowest BCUT2D eigenvalue weighted by atomic mass is 9.34. The van der Waals surface area contributed by atoms with Gasteiger partial charge in [-0.05, 0) is 181 Å². The highest BCUT2D eigenvalue weighted by Gasteiger charge is 2.45. The average molecular weight is 1210 g/mol. The molecule has 10 aromatic rings. The topological polar surface area (TPSA) is 35.6 Å². The zero-order chi connectivity index (χ0) is 66.9. The molecule has 0 radical (unpaired) electrons. The summed E-state index contributed by atoms with van der Waals surface area (Å²) in [4.78, 5) is 11.8. The van der Waals surface area contributed by atoms with Gasteiger partial charge in [-0.15, -0.1) is 0 Å². The summed E-state index contributed by atoms with van der Waals surface area (Å²) in [5.74, 6) is 0.740. The lowest BCUT2D eigenvalue weighted by Gasteiger charge is -2.35. The fraction of sp³-hybridized carbons (Fsp3) is 0.465. The normalized spacial score (nSPS) is 14.5. The summed E-state index contributed by atoms with van der Waals surface area (Å²) in [6.45, 7) is 71.4. The van der Waals surface area contributed by atoms with Crippen LogP contribution in [0.15, 0.2) is 103 Å². The fourth-order valence-corrected chi connectivity index (χ4v) is 14.9. The van der Waals surface area contributed by atoms with Crippen molar-refractivity contribution in [1.82, 2.24) is 19.1 Å². The maximum Gasteiger partial charge on any atom is 0.252 e. The predicted molar refractivity (Wildman–Crippen MR) is 399 cm³/mol. The van der Waals surface area contributed by atoms with Crippen LogP contribution in [-0.2, 0) is 54.1 Å². The van der Waals surface area contributed by atoms with Crippen molar-refractivity contribution in [3.63, 3.8) is 0 Å². The molecule has 7 aromatic carbocycles. The molecule has 91 heavy (non-hydrogen) atoms. The van der Waals surface area contributed by atoms with E-state index in [-0.39, 0.29) is 60.9 Å². The molecule has 12 rings (SSSR count). The third kappa shape index (κ3) is 10.7. The molecule has 474 valence electrons. The quantitative estimate of drug-likeness (QED) is 0.165. The van der Waals surface area contributed by atoms with Crippen LogP contribution in [0.3, 0.4) is 0 Å². The molecule has 0 saturated carbocycles. The third-order valence-electron chi connectivity index (χ3n) is 20.5. The first-order valence-corrected chi connectivity index (χ1v) is 34.2. The van der Waals surface area contributed by atoms with Crippen LogP contribution < -0.4 is 16.4 Å². The highest BCUT2D eigenvalue weighted by Crippen LogP contribution is 2.51. The van der Waals surface area contributed by atoms with Gasteiger partial charge in [-0.2, -0.15) is 0 Å². The average Bonchev–Trinajstić information content (AvgIpc) is 1.54. The number of benzene rings is 7. The zero-order valence-corrected chi connectivity index (χ0v) is 61.7. The summed E-state index contributed by atoms with van der Waals surface area (Å²) in [5.41, 5.74) is 28.9. The SMILES string of the molecule is CC(C)(C)c1cc(-c2cc(-c3cc4c5c(c3)-n3c6cc(C(C)(C)C)cc(C(C)(C)C)c6c6c(C(C)(C)C)ccc(c63)B5c3ccc(C(C)(C)C)c5c6c(C(C)(C)C)cc(C(C)(C)C)cc6n-4c35)nc(-c3cc(C(C)(C)C)cc(C(C)(C)C)c3)n2)cc(C(C)(C)C)c1. The van der Waals surface area contributed by atoms with E-state index in [0.29, 0.717) is 0 Å². The molecule has 0 amide bonds. The van der Waals surface area contributed by atoms with Crippen LogP contribution in [0.4, 0.5) is 0 Å². The second-order valence-corrected chi connectivity index (χ2v) is 38.3. The Morgan fingerprint density at radius 1 is 0.275 bits per heavy atom. The predicted octanol–water partition coefficient (Wildman–Crippen LogP) is 21.8. The fourth-order valence-electron chi connectivity index (χ4n) is 14.9. The molecule has 0 unspecified atom stereocenters. The molecule has 5 heterocycles. The van der Waals surface area contributed by atoms with E-state index in [4.69, 9.17) is 9.97 Å². The van der Waals surface area contributed by atoms with Gasteiger partial charge in [-0.1, -0.05) is 256 Å². The molecule has 0 fully saturated rings. The number of fused-ring (bicyclic) bond motifs is 10. The van der Waals surface area contributed by atoms with Crippen LogP contribution in [0.25, 0.3) is 88.9 Å². The number of hydrogen-bond acceptors (Lipinski definition) is 2. The van der Waals surface area contributed by atoms with E-state index in [0.717, 1.165) is 33.9 Å². The Kier molecular flexibility index (Phi) is 14.1. The number of nitrogens with zero attached hydrogens (tertiary/aromatic N) is 4. The molecule has 3 aromatic heterocycles. The minimum absolute atomic E-state index is 0.0653. The van der Waals surface area contributed by atoms with Gasteiger partial charge in [-0.3, -0.25) is 0 Å². The number of aromatic nitrogens is 4. The van der Waals surface area contributed by atoms with Gasteiger partial charge in [0, 0.05) is 60.6 Å². The summed E-state index contributed by atoms with van der Waals surface area (Å²) in [6.07, 6.45) is 0. The monoisotopic (exact) mass is 1210 g/mol. The minimum atomic E-state index is -0.162. The molecule has 2 aliphatic heterocycles. The Morgan fingerprint density at radius 3 is 0.879 bits per heavy atom. The van der Waals surface area contributed by atoms with Gasteiger partial charge in [0.1, 0.15) is 0 Å². The van der Waals surface area contributed by atoms with Crippen molar-refractivity contribution >= 4 is 66.7 Å². The van der Waals surface area contributed by atoms with E-state index in [2.05, 4.69) is 320 Å². The van der Waals surface area contributed by atoms with Gasteiger partial charge in [-0.25, -0.2) is 9.97 Å². The Morgan fingerprint density at radius 2 is 0.571 bits per heavy atom. The van der Waals surface area contributed by atoms with Crippen molar-refractivity contribution in [3.05, 3.63) is 159 Å². The highest BCUT2D eigenvalue weighted by molar-refractivity contribution is 7.00. The summed E-state index contributed by atoms with van der Waals surface area (Å²) in [7, 11) is 0. The highest BCUT2D eigenvalue weighted by atomic mass is 15.0. The maximum absolute atomic E-state index is 5.98. The van der Waals surface area contributed by atoms with Crippen LogP contribution in [-0.4, -0.2) is 25.8 Å².